The van der Waals surface area contributed by atoms with Crippen LogP contribution >= 0.6 is 0 Å². The van der Waals surface area contributed by atoms with E-state index in [4.69, 9.17) is 5.73 Å². The summed E-state index contributed by atoms with van der Waals surface area (Å²) in [5.74, 6) is 0.832. The third kappa shape index (κ3) is 2.63. The molecule has 0 aliphatic carbocycles. The highest BCUT2D eigenvalue weighted by Crippen LogP contribution is 2.37. The molecule has 0 amide bonds. The molecule has 0 aromatic heterocycles. The van der Waals surface area contributed by atoms with E-state index in [2.05, 4.69) is 44.7 Å². The zero-order valence-electron chi connectivity index (χ0n) is 11.4. The average molecular weight is 232 g/mol. The smallest absolute Gasteiger partial charge is 0.0320 e. The summed E-state index contributed by atoms with van der Waals surface area (Å²) in [4.78, 5) is 2.54. The van der Waals surface area contributed by atoms with Gasteiger partial charge in [-0.05, 0) is 36.0 Å². The maximum absolute atomic E-state index is 5.71. The summed E-state index contributed by atoms with van der Waals surface area (Å²) in [6.07, 6.45) is 0. The van der Waals surface area contributed by atoms with Gasteiger partial charge in [0.05, 0.1) is 0 Å². The minimum absolute atomic E-state index is 0.442. The number of nitrogens with two attached hydrogens (primary N) is 1. The zero-order valence-corrected chi connectivity index (χ0v) is 11.4. The molecule has 1 unspecified atom stereocenters. The Labute approximate surface area is 105 Å². The van der Waals surface area contributed by atoms with Gasteiger partial charge in [-0.25, -0.2) is 0 Å². The predicted molar refractivity (Wildman–Crippen MR) is 73.8 cm³/mol. The van der Waals surface area contributed by atoms with Crippen molar-refractivity contribution in [3.05, 3.63) is 29.8 Å². The van der Waals surface area contributed by atoms with Gasteiger partial charge in [-0.1, -0.05) is 32.9 Å². The lowest BCUT2D eigenvalue weighted by Crippen LogP contribution is -2.52. The van der Waals surface area contributed by atoms with Gasteiger partial charge in [0.1, 0.15) is 0 Å². The van der Waals surface area contributed by atoms with Gasteiger partial charge >= 0.3 is 0 Å². The fourth-order valence-electron chi connectivity index (χ4n) is 2.36. The molecule has 1 atom stereocenters. The van der Waals surface area contributed by atoms with Gasteiger partial charge < -0.3 is 5.73 Å². The zero-order chi connectivity index (χ0) is 12.6. The van der Waals surface area contributed by atoms with E-state index in [0.29, 0.717) is 11.5 Å². The van der Waals surface area contributed by atoms with E-state index in [1.54, 1.807) is 0 Å². The number of rotatable bonds is 2. The first-order valence-corrected chi connectivity index (χ1v) is 6.47. The van der Waals surface area contributed by atoms with E-state index in [1.165, 1.54) is 18.7 Å². The number of nitrogens with zero attached hydrogens (tertiary/aromatic N) is 1. The lowest BCUT2D eigenvalue weighted by Gasteiger charge is -2.49. The molecular weight excluding hydrogens is 208 g/mol. The quantitative estimate of drug-likeness (QED) is 0.793. The van der Waals surface area contributed by atoms with Gasteiger partial charge in [0.25, 0.3) is 0 Å². The number of anilines is 1. The molecule has 1 fully saturated rings. The monoisotopic (exact) mass is 232 g/mol. The van der Waals surface area contributed by atoms with Crippen molar-refractivity contribution < 1.29 is 0 Å². The Morgan fingerprint density at radius 1 is 1.18 bits per heavy atom. The van der Waals surface area contributed by atoms with Crippen LogP contribution in [-0.4, -0.2) is 18.0 Å². The van der Waals surface area contributed by atoms with E-state index >= 15 is 0 Å². The first-order chi connectivity index (χ1) is 7.88. The van der Waals surface area contributed by atoms with Crippen LogP contribution in [0.25, 0.3) is 0 Å². The maximum Gasteiger partial charge on any atom is 0.0320 e. The number of hydrogen-bond acceptors (Lipinski definition) is 2. The molecule has 1 aliphatic heterocycles. The Morgan fingerprint density at radius 2 is 1.71 bits per heavy atom. The summed E-state index contributed by atoms with van der Waals surface area (Å²) in [7, 11) is 0. The molecule has 0 bridgehead atoms. The molecule has 1 aromatic carbocycles. The summed E-state index contributed by atoms with van der Waals surface area (Å²) in [6, 6.07) is 8.78. The molecule has 1 heterocycles. The molecule has 1 aromatic rings. The van der Waals surface area contributed by atoms with Crippen molar-refractivity contribution in [3.63, 3.8) is 0 Å². The second-order valence-corrected chi connectivity index (χ2v) is 6.36. The molecule has 2 rings (SSSR count). The SMILES string of the molecule is CC(c1ccc(N)cc1)N1CC(C(C)(C)C)C1. The Morgan fingerprint density at radius 3 is 2.18 bits per heavy atom. The van der Waals surface area contributed by atoms with Crippen LogP contribution in [0, 0.1) is 11.3 Å². The van der Waals surface area contributed by atoms with Crippen molar-refractivity contribution in [1.82, 2.24) is 4.90 Å². The fraction of sp³-hybridized carbons (Fsp3) is 0.600. The number of likely N-dealkylation sites (tertiary alicyclic amines) is 1. The lowest BCUT2D eigenvalue weighted by atomic mass is 9.75. The Bertz CT molecular complexity index is 369. The third-order valence-corrected chi connectivity index (χ3v) is 4.10. The van der Waals surface area contributed by atoms with E-state index in [9.17, 15) is 0 Å². The molecule has 2 heteroatoms. The number of nitrogen functional groups attached to an aromatic ring is 1. The maximum atomic E-state index is 5.71. The minimum Gasteiger partial charge on any atom is -0.399 e. The van der Waals surface area contributed by atoms with Crippen molar-refractivity contribution in [2.24, 2.45) is 11.3 Å². The van der Waals surface area contributed by atoms with Crippen LogP contribution < -0.4 is 5.73 Å². The molecular formula is C15H24N2. The summed E-state index contributed by atoms with van der Waals surface area (Å²) in [5, 5.41) is 0. The molecule has 17 heavy (non-hydrogen) atoms. The van der Waals surface area contributed by atoms with Crippen molar-refractivity contribution >= 4 is 5.69 Å². The average Bonchev–Trinajstić information content (AvgIpc) is 2.13. The standard InChI is InChI=1S/C15H24N2/c1-11(12-5-7-14(16)8-6-12)17-9-13(10-17)15(2,3)4/h5-8,11,13H,9-10,16H2,1-4H3. The van der Waals surface area contributed by atoms with Crippen molar-refractivity contribution in [2.75, 3.05) is 18.8 Å². The number of benzene rings is 1. The first-order valence-electron chi connectivity index (χ1n) is 6.47. The third-order valence-electron chi connectivity index (χ3n) is 4.10. The molecule has 2 nitrogen and oxygen atoms in total. The van der Waals surface area contributed by atoms with E-state index in [1.807, 2.05) is 12.1 Å². The lowest BCUT2D eigenvalue weighted by molar-refractivity contribution is -0.00269. The summed E-state index contributed by atoms with van der Waals surface area (Å²) in [6.45, 7) is 11.7. The highest BCUT2D eigenvalue weighted by molar-refractivity contribution is 5.40. The molecule has 1 aliphatic rings. The van der Waals surface area contributed by atoms with Gasteiger partial charge in [0.2, 0.25) is 0 Å². The molecule has 1 saturated heterocycles. The van der Waals surface area contributed by atoms with Crippen LogP contribution in [0.3, 0.4) is 0 Å². The molecule has 0 radical (unpaired) electrons. The van der Waals surface area contributed by atoms with E-state index < -0.39 is 0 Å². The summed E-state index contributed by atoms with van der Waals surface area (Å²) >= 11 is 0. The molecule has 94 valence electrons. The van der Waals surface area contributed by atoms with Crippen LogP contribution in [0.1, 0.15) is 39.3 Å². The Kier molecular flexibility index (Phi) is 3.17. The highest BCUT2D eigenvalue weighted by Gasteiger charge is 2.37. The minimum atomic E-state index is 0.442. The molecule has 2 N–H and O–H groups in total. The Balaban J connectivity index is 1.95. The van der Waals surface area contributed by atoms with E-state index in [-0.39, 0.29) is 0 Å². The van der Waals surface area contributed by atoms with Gasteiger partial charge in [-0.2, -0.15) is 0 Å². The highest BCUT2D eigenvalue weighted by atomic mass is 15.2. The van der Waals surface area contributed by atoms with Crippen molar-refractivity contribution in [3.8, 4) is 0 Å². The Hall–Kier alpha value is -1.02. The summed E-state index contributed by atoms with van der Waals surface area (Å²) in [5.41, 5.74) is 8.37. The van der Waals surface area contributed by atoms with Gasteiger partial charge in [-0.15, -0.1) is 0 Å². The van der Waals surface area contributed by atoms with E-state index in [0.717, 1.165) is 11.6 Å². The fourth-order valence-corrected chi connectivity index (χ4v) is 2.36. The van der Waals surface area contributed by atoms with Crippen LogP contribution in [-0.2, 0) is 0 Å². The normalized spacial score (nSPS) is 20.0. The van der Waals surface area contributed by atoms with Crippen LogP contribution in [0.5, 0.6) is 0 Å². The molecule has 0 spiro atoms. The van der Waals surface area contributed by atoms with Gasteiger partial charge in [-0.3, -0.25) is 4.90 Å². The van der Waals surface area contributed by atoms with Crippen molar-refractivity contribution in [2.45, 2.75) is 33.7 Å². The van der Waals surface area contributed by atoms with Gasteiger partial charge in [0.15, 0.2) is 0 Å². The molecule has 0 saturated carbocycles. The van der Waals surface area contributed by atoms with Crippen molar-refractivity contribution in [1.29, 1.82) is 0 Å². The van der Waals surface area contributed by atoms with Gasteiger partial charge in [0, 0.05) is 24.8 Å². The van der Waals surface area contributed by atoms with Crippen LogP contribution in [0.15, 0.2) is 24.3 Å². The predicted octanol–water partition coefficient (Wildman–Crippen LogP) is 3.31. The largest absolute Gasteiger partial charge is 0.399 e. The first kappa shape index (κ1) is 12.4. The number of hydrogen-bond donors (Lipinski definition) is 1. The van der Waals surface area contributed by atoms with Crippen LogP contribution in [0.4, 0.5) is 5.69 Å². The second kappa shape index (κ2) is 4.34. The van der Waals surface area contributed by atoms with Crippen LogP contribution in [0.2, 0.25) is 0 Å². The second-order valence-electron chi connectivity index (χ2n) is 6.36. The topological polar surface area (TPSA) is 29.3 Å². The summed E-state index contributed by atoms with van der Waals surface area (Å²) < 4.78 is 0.